The summed E-state index contributed by atoms with van der Waals surface area (Å²) >= 11 is 0. The van der Waals surface area contributed by atoms with Gasteiger partial charge in [0.05, 0.1) is 24.1 Å². The van der Waals surface area contributed by atoms with Crippen molar-refractivity contribution < 1.29 is 48.6 Å². The minimum absolute atomic E-state index is 0.0379. The lowest BCUT2D eigenvalue weighted by Gasteiger charge is -2.30. The van der Waals surface area contributed by atoms with Crippen LogP contribution in [0.4, 0.5) is 5.69 Å². The summed E-state index contributed by atoms with van der Waals surface area (Å²) in [6.07, 6.45) is -0.103. The van der Waals surface area contributed by atoms with Crippen LogP contribution in [-0.4, -0.2) is 76.0 Å². The van der Waals surface area contributed by atoms with Gasteiger partial charge in [-0.3, -0.25) is 29.3 Å². The molecule has 17 heteroatoms. The average molecular weight is 735 g/mol. The summed E-state index contributed by atoms with van der Waals surface area (Å²) in [5, 5.41) is 43.7. The minimum atomic E-state index is -1.84. The number of nitrogens with one attached hydrogen (secondary N) is 4. The number of aromatic hydroxyl groups is 1. The zero-order valence-corrected chi connectivity index (χ0v) is 29.5. The molecule has 0 spiro atoms. The highest BCUT2D eigenvalue weighted by molar-refractivity contribution is 5.94. The Hall–Kier alpha value is -6.23. The Kier molecular flexibility index (Phi) is 12.9. The molecular formula is C36H42N6O11. The van der Waals surface area contributed by atoms with Crippen LogP contribution in [0.25, 0.3) is 0 Å². The highest BCUT2D eigenvalue weighted by Crippen LogP contribution is 2.44. The standard InChI is InChI=1S/C36H42N6O11/c1-18(2)12-23(37)33(45)39-25-14-21-10-11-28(26(15-21)42(50)51)53-29-17-22(16-27(44)32(29)52-4)30(31(36(48)49)38-19(3)43)41-35(47)24(40-34(25)46)13-20-8-6-5-7-9-20/h5-11,15-18,23-25,30-31,44H,12-14,37H2,1-4H3,(H,38,43)(H,39,45)(H,40,46)(H,41,47)(H,48,49)/t23-,24+,25-,30?,31-/m1/s1. The summed E-state index contributed by atoms with van der Waals surface area (Å²) in [5.41, 5.74) is 6.28. The predicted octanol–water partition coefficient (Wildman–Crippen LogP) is 1.99. The van der Waals surface area contributed by atoms with Gasteiger partial charge in [-0.2, -0.15) is 0 Å². The first-order valence-electron chi connectivity index (χ1n) is 16.6. The number of methoxy groups -OCH3 is 1. The van der Waals surface area contributed by atoms with Gasteiger partial charge in [-0.15, -0.1) is 0 Å². The van der Waals surface area contributed by atoms with Gasteiger partial charge in [-0.1, -0.05) is 50.2 Å². The van der Waals surface area contributed by atoms with Gasteiger partial charge < -0.3 is 46.7 Å². The normalized spacial score (nSPS) is 18.5. The van der Waals surface area contributed by atoms with E-state index in [4.69, 9.17) is 15.2 Å². The summed E-state index contributed by atoms with van der Waals surface area (Å²) in [6.45, 7) is 4.79. The number of phenols is 1. The molecule has 5 atom stereocenters. The van der Waals surface area contributed by atoms with E-state index in [1.165, 1.54) is 25.3 Å². The van der Waals surface area contributed by atoms with Crippen LogP contribution in [0.5, 0.6) is 23.0 Å². The number of rotatable bonds is 11. The molecule has 8 N–H and O–H groups in total. The van der Waals surface area contributed by atoms with Crippen LogP contribution in [0.15, 0.2) is 60.7 Å². The lowest BCUT2D eigenvalue weighted by Crippen LogP contribution is -2.58. The summed E-state index contributed by atoms with van der Waals surface area (Å²) in [5.74, 6) is -6.21. The number of hydrogen-bond donors (Lipinski definition) is 7. The molecule has 0 saturated carbocycles. The molecule has 0 saturated heterocycles. The number of carbonyl (C=O) groups excluding carboxylic acids is 4. The van der Waals surface area contributed by atoms with E-state index < -0.39 is 76.2 Å². The fourth-order valence-corrected chi connectivity index (χ4v) is 5.90. The molecule has 4 bridgehead atoms. The number of nitrogens with zero attached hydrogens (tertiary/aromatic N) is 1. The van der Waals surface area contributed by atoms with Crippen LogP contribution >= 0.6 is 0 Å². The smallest absolute Gasteiger partial charge is 0.328 e. The average Bonchev–Trinajstić information content (AvgIpc) is 3.08. The summed E-state index contributed by atoms with van der Waals surface area (Å²) in [7, 11) is 1.19. The number of nitro benzene ring substituents is 1. The molecule has 2 aliphatic heterocycles. The van der Waals surface area contributed by atoms with Crippen LogP contribution in [-0.2, 0) is 36.8 Å². The first-order chi connectivity index (χ1) is 25.1. The molecule has 3 aromatic rings. The van der Waals surface area contributed by atoms with E-state index in [1.54, 1.807) is 30.3 Å². The largest absolute Gasteiger partial charge is 0.504 e. The van der Waals surface area contributed by atoms with Gasteiger partial charge in [0.2, 0.25) is 35.1 Å². The number of aliphatic carboxylic acids is 1. The quantitative estimate of drug-likeness (QED) is 0.110. The highest BCUT2D eigenvalue weighted by atomic mass is 16.6. The van der Waals surface area contributed by atoms with Gasteiger partial charge in [0.25, 0.3) is 0 Å². The van der Waals surface area contributed by atoms with Crippen molar-refractivity contribution in [3.8, 4) is 23.0 Å². The van der Waals surface area contributed by atoms with Crippen LogP contribution in [0.3, 0.4) is 0 Å². The molecule has 0 aliphatic carbocycles. The van der Waals surface area contributed by atoms with Gasteiger partial charge in [0.15, 0.2) is 17.5 Å². The fourth-order valence-electron chi connectivity index (χ4n) is 5.90. The first kappa shape index (κ1) is 39.6. The van der Waals surface area contributed by atoms with E-state index in [1.807, 2.05) is 13.8 Å². The number of phenolic OH excluding ortho intramolecular Hbond substituents is 1. The minimum Gasteiger partial charge on any atom is -0.504 e. The number of fused-ring (bicyclic) bond motifs is 9. The third-order valence-corrected chi connectivity index (χ3v) is 8.37. The predicted molar refractivity (Wildman–Crippen MR) is 189 cm³/mol. The Morgan fingerprint density at radius 2 is 1.75 bits per heavy atom. The number of benzene rings is 3. The SMILES string of the molecule is COc1c(O)cc2cc1Oc1ccc(cc1[N+](=O)[O-])C[C@@H](NC(=O)[C@H](N)CC(C)C)C(=O)N[C@@H](Cc1ccccc1)C(=O)NC2[C@@H](NC(C)=O)C(=O)O. The number of ether oxygens (including phenoxy) is 2. The van der Waals surface area contributed by atoms with Crippen molar-refractivity contribution in [1.29, 1.82) is 0 Å². The number of nitrogens with two attached hydrogens (primary N) is 1. The number of carboxylic acids is 1. The monoisotopic (exact) mass is 734 g/mol. The topological polar surface area (TPSA) is 262 Å². The lowest BCUT2D eigenvalue weighted by molar-refractivity contribution is -0.385. The number of hydrogen-bond acceptors (Lipinski definition) is 11. The zero-order valence-electron chi connectivity index (χ0n) is 29.5. The Labute approximate surface area is 304 Å². The first-order valence-corrected chi connectivity index (χ1v) is 16.6. The maximum Gasteiger partial charge on any atom is 0.328 e. The van der Waals surface area contributed by atoms with Crippen LogP contribution in [0.2, 0.25) is 0 Å². The molecule has 0 fully saturated rings. The second-order valence-electron chi connectivity index (χ2n) is 13.0. The molecule has 2 heterocycles. The molecule has 3 aromatic carbocycles. The molecule has 0 radical (unpaired) electrons. The van der Waals surface area contributed by atoms with Crippen LogP contribution in [0.1, 0.15) is 49.9 Å². The molecule has 5 rings (SSSR count). The molecule has 53 heavy (non-hydrogen) atoms. The van der Waals surface area contributed by atoms with E-state index in [-0.39, 0.29) is 53.6 Å². The summed E-state index contributed by atoms with van der Waals surface area (Å²) < 4.78 is 11.2. The Morgan fingerprint density at radius 3 is 2.36 bits per heavy atom. The zero-order chi connectivity index (χ0) is 39.0. The van der Waals surface area contributed by atoms with E-state index in [0.29, 0.717) is 5.56 Å². The molecule has 17 nitrogen and oxygen atoms in total. The van der Waals surface area contributed by atoms with Crippen molar-refractivity contribution >= 4 is 35.3 Å². The van der Waals surface area contributed by atoms with Gasteiger partial charge in [0, 0.05) is 25.8 Å². The molecule has 0 aromatic heterocycles. The number of carbonyl (C=O) groups is 5. The maximum atomic E-state index is 14.2. The van der Waals surface area contributed by atoms with E-state index >= 15 is 0 Å². The fraction of sp³-hybridized carbons (Fsp3) is 0.361. The number of nitro groups is 1. The van der Waals surface area contributed by atoms with E-state index in [9.17, 15) is 44.3 Å². The third kappa shape index (κ3) is 10.2. The number of amides is 4. The van der Waals surface area contributed by atoms with Crippen LogP contribution in [0, 0.1) is 16.0 Å². The Balaban J connectivity index is 1.95. The van der Waals surface area contributed by atoms with Crippen molar-refractivity contribution in [3.05, 3.63) is 87.5 Å². The van der Waals surface area contributed by atoms with Crippen molar-refractivity contribution in [2.75, 3.05) is 7.11 Å². The van der Waals surface area contributed by atoms with Gasteiger partial charge in [-0.05, 0) is 47.2 Å². The summed E-state index contributed by atoms with van der Waals surface area (Å²) in [4.78, 5) is 77.9. The maximum absolute atomic E-state index is 14.2. The highest BCUT2D eigenvalue weighted by Gasteiger charge is 2.37. The molecule has 282 valence electrons. The third-order valence-electron chi connectivity index (χ3n) is 8.37. The van der Waals surface area contributed by atoms with Crippen LogP contribution < -0.4 is 36.5 Å². The van der Waals surface area contributed by atoms with Crippen molar-refractivity contribution in [2.45, 2.75) is 70.2 Å². The lowest BCUT2D eigenvalue weighted by atomic mass is 9.96. The molecular weight excluding hydrogens is 692 g/mol. The number of carboxylic acid groups (broad SMARTS) is 1. The van der Waals surface area contributed by atoms with Gasteiger partial charge >= 0.3 is 11.7 Å². The van der Waals surface area contributed by atoms with Crippen molar-refractivity contribution in [2.24, 2.45) is 11.7 Å². The summed E-state index contributed by atoms with van der Waals surface area (Å²) in [6, 6.07) is 7.38. The second kappa shape index (κ2) is 17.3. The molecule has 4 amide bonds. The van der Waals surface area contributed by atoms with Gasteiger partial charge in [-0.25, -0.2) is 4.79 Å². The Morgan fingerprint density at radius 1 is 1.06 bits per heavy atom. The van der Waals surface area contributed by atoms with Crippen molar-refractivity contribution in [3.63, 3.8) is 0 Å². The van der Waals surface area contributed by atoms with Crippen molar-refractivity contribution in [1.82, 2.24) is 21.3 Å². The Bertz CT molecular complexity index is 1870. The van der Waals surface area contributed by atoms with E-state index in [2.05, 4.69) is 21.3 Å². The van der Waals surface area contributed by atoms with Gasteiger partial charge in [0.1, 0.15) is 12.1 Å². The molecule has 2 aliphatic rings. The van der Waals surface area contributed by atoms with E-state index in [0.717, 1.165) is 19.1 Å². The second-order valence-corrected chi connectivity index (χ2v) is 13.0. The molecule has 1 unspecified atom stereocenters.